The minimum absolute atomic E-state index is 0.297. The molecule has 0 saturated heterocycles. The average Bonchev–Trinajstić information content (AvgIpc) is 3.09. The van der Waals surface area contributed by atoms with Crippen LogP contribution in [0.4, 0.5) is 10.5 Å². The lowest BCUT2D eigenvalue weighted by Gasteiger charge is -2.09. The summed E-state index contributed by atoms with van der Waals surface area (Å²) >= 11 is 0. The zero-order valence-electron chi connectivity index (χ0n) is 14.5. The number of amides is 1. The van der Waals surface area contributed by atoms with Crippen LogP contribution in [0.3, 0.4) is 0 Å². The maximum Gasteiger partial charge on any atom is 0.411 e. The zero-order chi connectivity index (χ0) is 18.7. The normalized spacial score (nSPS) is 10.4. The van der Waals surface area contributed by atoms with Gasteiger partial charge in [0.05, 0.1) is 33.2 Å². The van der Waals surface area contributed by atoms with E-state index in [1.165, 1.54) is 21.3 Å². The number of esters is 1. The lowest BCUT2D eigenvalue weighted by Crippen LogP contribution is -2.10. The molecule has 26 heavy (non-hydrogen) atoms. The third kappa shape index (κ3) is 3.16. The largest absolute Gasteiger partial charge is 0.496 e. The molecular formula is C18H17N3O5. The number of methoxy groups -OCH3 is 3. The first-order chi connectivity index (χ1) is 12.6. The second-order valence-corrected chi connectivity index (χ2v) is 5.31. The number of nitrogens with zero attached hydrogens (tertiary/aromatic N) is 2. The van der Waals surface area contributed by atoms with E-state index in [1.807, 2.05) is 12.1 Å². The second kappa shape index (κ2) is 7.14. The molecule has 0 aliphatic carbocycles. The molecule has 0 unspecified atom stereocenters. The van der Waals surface area contributed by atoms with E-state index >= 15 is 0 Å². The molecule has 0 fully saturated rings. The van der Waals surface area contributed by atoms with Crippen LogP contribution < -0.4 is 10.1 Å². The molecule has 0 radical (unpaired) electrons. The topological polar surface area (TPSA) is 91.2 Å². The highest BCUT2D eigenvalue weighted by Crippen LogP contribution is 2.27. The van der Waals surface area contributed by atoms with E-state index in [0.29, 0.717) is 22.6 Å². The summed E-state index contributed by atoms with van der Waals surface area (Å²) in [5.74, 6) is -0.111. The number of pyridine rings is 1. The molecule has 0 saturated carbocycles. The van der Waals surface area contributed by atoms with Crippen LogP contribution in [-0.2, 0) is 9.47 Å². The van der Waals surface area contributed by atoms with Gasteiger partial charge in [-0.1, -0.05) is 12.1 Å². The standard InChI is InChI=1S/C18H17N3O5/c1-24-15-8-16-19-9-14(21(16)10-13(15)17(22)25-2)11-4-6-12(7-5-11)20-18(23)26-3/h4-10H,1-3H3,(H,20,23). The van der Waals surface area contributed by atoms with Gasteiger partial charge in [-0.25, -0.2) is 14.6 Å². The summed E-state index contributed by atoms with van der Waals surface area (Å²) in [4.78, 5) is 27.6. The molecule has 0 aliphatic rings. The number of hydrogen-bond donors (Lipinski definition) is 1. The molecule has 8 nitrogen and oxygen atoms in total. The van der Waals surface area contributed by atoms with Gasteiger partial charge in [-0.05, 0) is 12.1 Å². The number of imidazole rings is 1. The van der Waals surface area contributed by atoms with Crippen LogP contribution in [0.2, 0.25) is 0 Å². The Morgan fingerprint density at radius 3 is 2.42 bits per heavy atom. The van der Waals surface area contributed by atoms with E-state index in [0.717, 1.165) is 11.3 Å². The highest BCUT2D eigenvalue weighted by atomic mass is 16.5. The molecule has 1 aromatic carbocycles. The van der Waals surface area contributed by atoms with E-state index in [4.69, 9.17) is 9.47 Å². The summed E-state index contributed by atoms with van der Waals surface area (Å²) in [6.07, 6.45) is 2.78. The first-order valence-corrected chi connectivity index (χ1v) is 7.66. The Morgan fingerprint density at radius 1 is 1.08 bits per heavy atom. The van der Waals surface area contributed by atoms with Crippen LogP contribution in [0, 0.1) is 0 Å². The zero-order valence-corrected chi connectivity index (χ0v) is 14.5. The molecule has 3 rings (SSSR count). The maximum absolute atomic E-state index is 12.0. The number of rotatable bonds is 4. The fraction of sp³-hybridized carbons (Fsp3) is 0.167. The summed E-state index contributed by atoms with van der Waals surface area (Å²) in [6, 6.07) is 8.82. The minimum Gasteiger partial charge on any atom is -0.496 e. The third-order valence-electron chi connectivity index (χ3n) is 3.85. The van der Waals surface area contributed by atoms with Crippen LogP contribution >= 0.6 is 0 Å². The second-order valence-electron chi connectivity index (χ2n) is 5.31. The van der Waals surface area contributed by atoms with Crippen LogP contribution in [0.15, 0.2) is 42.7 Å². The molecule has 134 valence electrons. The Labute approximate surface area is 149 Å². The van der Waals surface area contributed by atoms with Gasteiger partial charge in [0, 0.05) is 23.5 Å². The molecular weight excluding hydrogens is 338 g/mol. The van der Waals surface area contributed by atoms with Crippen LogP contribution in [-0.4, -0.2) is 42.8 Å². The first-order valence-electron chi connectivity index (χ1n) is 7.66. The maximum atomic E-state index is 12.0. The van der Waals surface area contributed by atoms with E-state index in [-0.39, 0.29) is 0 Å². The van der Waals surface area contributed by atoms with E-state index in [2.05, 4.69) is 15.0 Å². The number of aromatic nitrogens is 2. The minimum atomic E-state index is -0.539. The predicted molar refractivity (Wildman–Crippen MR) is 94.5 cm³/mol. The SMILES string of the molecule is COC(=O)Nc1ccc(-c2cnc3cc(OC)c(C(=O)OC)cn23)cc1. The third-order valence-corrected chi connectivity index (χ3v) is 3.85. The smallest absolute Gasteiger partial charge is 0.411 e. The average molecular weight is 355 g/mol. The van der Waals surface area contributed by atoms with Gasteiger partial charge in [0.25, 0.3) is 0 Å². The molecule has 0 bridgehead atoms. The summed E-state index contributed by atoms with van der Waals surface area (Å²) in [5, 5.41) is 2.59. The Kier molecular flexibility index (Phi) is 4.74. The lowest BCUT2D eigenvalue weighted by atomic mass is 10.1. The van der Waals surface area contributed by atoms with E-state index < -0.39 is 12.1 Å². The number of anilines is 1. The highest BCUT2D eigenvalue weighted by molar-refractivity contribution is 5.93. The van der Waals surface area contributed by atoms with Crippen molar-refractivity contribution in [2.45, 2.75) is 0 Å². The van der Waals surface area contributed by atoms with Crippen molar-refractivity contribution < 1.29 is 23.8 Å². The van der Waals surface area contributed by atoms with Gasteiger partial charge in [0.1, 0.15) is 17.0 Å². The Morgan fingerprint density at radius 2 is 1.81 bits per heavy atom. The van der Waals surface area contributed by atoms with Crippen molar-refractivity contribution in [3.05, 3.63) is 48.3 Å². The van der Waals surface area contributed by atoms with Gasteiger partial charge >= 0.3 is 12.1 Å². The number of fused-ring (bicyclic) bond motifs is 1. The fourth-order valence-corrected chi connectivity index (χ4v) is 2.54. The van der Waals surface area contributed by atoms with Crippen molar-refractivity contribution in [1.82, 2.24) is 9.38 Å². The Bertz CT molecular complexity index is 963. The molecule has 2 heterocycles. The van der Waals surface area contributed by atoms with Gasteiger partial charge in [0.15, 0.2) is 0 Å². The van der Waals surface area contributed by atoms with Crippen molar-refractivity contribution in [3.8, 4) is 17.0 Å². The Hall–Kier alpha value is -3.55. The molecule has 1 N–H and O–H groups in total. The van der Waals surface area contributed by atoms with Gasteiger partial charge < -0.3 is 14.2 Å². The molecule has 0 atom stereocenters. The fourth-order valence-electron chi connectivity index (χ4n) is 2.54. The van der Waals surface area contributed by atoms with Gasteiger partial charge in [-0.15, -0.1) is 0 Å². The number of ether oxygens (including phenoxy) is 3. The summed E-state index contributed by atoms with van der Waals surface area (Å²) in [7, 11) is 4.10. The molecule has 2 aromatic heterocycles. The number of nitrogens with one attached hydrogen (secondary N) is 1. The summed E-state index contributed by atoms with van der Waals surface area (Å²) in [6.45, 7) is 0. The molecule has 8 heteroatoms. The van der Waals surface area contributed by atoms with Crippen LogP contribution in [0.5, 0.6) is 5.75 Å². The van der Waals surface area contributed by atoms with Crippen molar-refractivity contribution in [2.75, 3.05) is 26.6 Å². The predicted octanol–water partition coefficient (Wildman–Crippen LogP) is 2.97. The van der Waals surface area contributed by atoms with Gasteiger partial charge in [0.2, 0.25) is 0 Å². The first kappa shape index (κ1) is 17.3. The van der Waals surface area contributed by atoms with Gasteiger partial charge in [-0.2, -0.15) is 0 Å². The van der Waals surface area contributed by atoms with E-state index in [1.54, 1.807) is 35.0 Å². The number of benzene rings is 1. The van der Waals surface area contributed by atoms with Crippen molar-refractivity contribution in [3.63, 3.8) is 0 Å². The molecule has 0 spiro atoms. The van der Waals surface area contributed by atoms with E-state index in [9.17, 15) is 9.59 Å². The van der Waals surface area contributed by atoms with Crippen molar-refractivity contribution in [1.29, 1.82) is 0 Å². The van der Waals surface area contributed by atoms with Crippen molar-refractivity contribution in [2.24, 2.45) is 0 Å². The summed E-state index contributed by atoms with van der Waals surface area (Å²) < 4.78 is 16.4. The highest BCUT2D eigenvalue weighted by Gasteiger charge is 2.17. The van der Waals surface area contributed by atoms with Crippen molar-refractivity contribution >= 4 is 23.4 Å². The molecule has 1 amide bonds. The van der Waals surface area contributed by atoms with Crippen LogP contribution in [0.1, 0.15) is 10.4 Å². The molecule has 3 aromatic rings. The lowest BCUT2D eigenvalue weighted by molar-refractivity contribution is 0.0596. The number of carbonyl (C=O) groups excluding carboxylic acids is 2. The van der Waals surface area contributed by atoms with Crippen LogP contribution in [0.25, 0.3) is 16.9 Å². The quantitative estimate of drug-likeness (QED) is 0.724. The monoisotopic (exact) mass is 355 g/mol. The summed E-state index contributed by atoms with van der Waals surface area (Å²) in [5.41, 5.74) is 3.16. The molecule has 0 aliphatic heterocycles. The number of hydrogen-bond acceptors (Lipinski definition) is 6. The number of carbonyl (C=O) groups is 2. The Balaban J connectivity index is 2.02. The van der Waals surface area contributed by atoms with Gasteiger partial charge in [-0.3, -0.25) is 9.72 Å².